The number of nitrogens with one attached hydrogen (secondary N) is 1. The predicted octanol–water partition coefficient (Wildman–Crippen LogP) is 2.51. The standard InChI is InChI=1S/C18H16N4O6/c1-2-3-4-14(23)20-11-15-21-16(18(24)27-10-9-19)17(28-15)12-5-7-13(8-6-12)22(25)26/h2,5-8H,1,3-4,10-11H2,(H,20,23). The second-order valence-electron chi connectivity index (χ2n) is 5.43. The van der Waals surface area contributed by atoms with Crippen LogP contribution in [-0.4, -0.2) is 28.4 Å². The van der Waals surface area contributed by atoms with Crippen LogP contribution in [-0.2, 0) is 16.1 Å². The van der Waals surface area contributed by atoms with Crippen LogP contribution in [0.5, 0.6) is 0 Å². The fourth-order valence-corrected chi connectivity index (χ4v) is 2.17. The molecular formula is C18H16N4O6. The zero-order chi connectivity index (χ0) is 20.5. The van der Waals surface area contributed by atoms with Gasteiger partial charge in [-0.05, 0) is 18.6 Å². The summed E-state index contributed by atoms with van der Waals surface area (Å²) in [5.41, 5.74) is 0.0252. The maximum absolute atomic E-state index is 12.2. The van der Waals surface area contributed by atoms with Crippen molar-refractivity contribution in [3.05, 3.63) is 58.6 Å². The Hall–Kier alpha value is -4.00. The van der Waals surface area contributed by atoms with Crippen molar-refractivity contribution in [3.63, 3.8) is 0 Å². The lowest BCUT2D eigenvalue weighted by Crippen LogP contribution is -2.22. The van der Waals surface area contributed by atoms with Gasteiger partial charge in [0.05, 0.1) is 11.5 Å². The van der Waals surface area contributed by atoms with E-state index in [2.05, 4.69) is 16.9 Å². The molecule has 0 saturated carbocycles. The second-order valence-corrected chi connectivity index (χ2v) is 5.43. The molecule has 1 aromatic carbocycles. The van der Waals surface area contributed by atoms with Crippen molar-refractivity contribution in [1.29, 1.82) is 5.26 Å². The van der Waals surface area contributed by atoms with Crippen molar-refractivity contribution >= 4 is 17.6 Å². The van der Waals surface area contributed by atoms with Crippen LogP contribution >= 0.6 is 0 Å². The average molecular weight is 384 g/mol. The lowest BCUT2D eigenvalue weighted by molar-refractivity contribution is -0.384. The number of non-ortho nitro benzene ring substituents is 1. The third kappa shape index (κ3) is 5.25. The Bertz CT molecular complexity index is 927. The molecule has 28 heavy (non-hydrogen) atoms. The number of nitro groups is 1. The topological polar surface area (TPSA) is 148 Å². The highest BCUT2D eigenvalue weighted by atomic mass is 16.6. The summed E-state index contributed by atoms with van der Waals surface area (Å²) < 4.78 is 10.3. The number of aromatic nitrogens is 1. The van der Waals surface area contributed by atoms with Gasteiger partial charge in [0.1, 0.15) is 6.07 Å². The van der Waals surface area contributed by atoms with Gasteiger partial charge in [0.2, 0.25) is 11.8 Å². The zero-order valence-electron chi connectivity index (χ0n) is 14.7. The molecule has 0 spiro atoms. The Labute approximate surface area is 159 Å². The largest absolute Gasteiger partial charge is 0.445 e. The summed E-state index contributed by atoms with van der Waals surface area (Å²) in [4.78, 5) is 38.1. The Morgan fingerprint density at radius 1 is 1.39 bits per heavy atom. The molecule has 2 rings (SSSR count). The molecule has 1 aromatic heterocycles. The molecule has 10 heteroatoms. The number of carbonyl (C=O) groups is 2. The van der Waals surface area contributed by atoms with Crippen molar-refractivity contribution in [3.8, 4) is 17.4 Å². The van der Waals surface area contributed by atoms with E-state index < -0.39 is 17.5 Å². The van der Waals surface area contributed by atoms with E-state index in [9.17, 15) is 19.7 Å². The quantitative estimate of drug-likeness (QED) is 0.300. The van der Waals surface area contributed by atoms with E-state index in [0.29, 0.717) is 12.0 Å². The van der Waals surface area contributed by atoms with Gasteiger partial charge in [0.25, 0.3) is 5.69 Å². The number of hydrogen-bond acceptors (Lipinski definition) is 8. The number of oxazole rings is 1. The number of nitriles is 1. The maximum Gasteiger partial charge on any atom is 0.362 e. The van der Waals surface area contributed by atoms with E-state index >= 15 is 0 Å². The van der Waals surface area contributed by atoms with E-state index in [1.54, 1.807) is 12.1 Å². The van der Waals surface area contributed by atoms with Crippen LogP contribution in [0.25, 0.3) is 11.3 Å². The summed E-state index contributed by atoms with van der Waals surface area (Å²) in [6.07, 6.45) is 2.37. The lowest BCUT2D eigenvalue weighted by atomic mass is 10.1. The number of ether oxygens (including phenoxy) is 1. The van der Waals surface area contributed by atoms with Gasteiger partial charge in [0.15, 0.2) is 18.1 Å². The van der Waals surface area contributed by atoms with E-state index in [1.165, 1.54) is 24.3 Å². The van der Waals surface area contributed by atoms with E-state index in [4.69, 9.17) is 14.4 Å². The van der Waals surface area contributed by atoms with Gasteiger partial charge in [-0.2, -0.15) is 5.26 Å². The van der Waals surface area contributed by atoms with E-state index in [0.717, 1.165) is 0 Å². The molecule has 0 bridgehead atoms. The molecule has 1 N–H and O–H groups in total. The molecule has 0 fully saturated rings. The number of carbonyl (C=O) groups excluding carboxylic acids is 2. The van der Waals surface area contributed by atoms with Crippen molar-refractivity contribution < 1.29 is 23.7 Å². The normalized spacial score (nSPS) is 9.96. The Morgan fingerprint density at radius 2 is 2.11 bits per heavy atom. The smallest absolute Gasteiger partial charge is 0.362 e. The molecule has 0 aliphatic heterocycles. The van der Waals surface area contributed by atoms with E-state index in [-0.39, 0.29) is 41.9 Å². The van der Waals surface area contributed by atoms with Crippen LogP contribution in [0.3, 0.4) is 0 Å². The number of esters is 1. The average Bonchev–Trinajstić information content (AvgIpc) is 3.13. The highest BCUT2D eigenvalue weighted by molar-refractivity contribution is 5.93. The minimum Gasteiger partial charge on any atom is -0.445 e. The van der Waals surface area contributed by atoms with Gasteiger partial charge >= 0.3 is 5.97 Å². The molecule has 144 valence electrons. The van der Waals surface area contributed by atoms with Crippen molar-refractivity contribution in [2.24, 2.45) is 0 Å². The molecule has 0 atom stereocenters. The first kappa shape index (κ1) is 20.3. The van der Waals surface area contributed by atoms with Gasteiger partial charge < -0.3 is 14.5 Å². The van der Waals surface area contributed by atoms with Crippen LogP contribution in [0.4, 0.5) is 5.69 Å². The second kappa shape index (κ2) is 9.63. The zero-order valence-corrected chi connectivity index (χ0v) is 14.7. The fourth-order valence-electron chi connectivity index (χ4n) is 2.17. The highest BCUT2D eigenvalue weighted by Gasteiger charge is 2.23. The molecule has 2 aromatic rings. The van der Waals surface area contributed by atoms with Gasteiger partial charge in [0, 0.05) is 24.1 Å². The summed E-state index contributed by atoms with van der Waals surface area (Å²) >= 11 is 0. The molecule has 0 unspecified atom stereocenters. The SMILES string of the molecule is C=CCCC(=O)NCc1nc(C(=O)OCC#N)c(-c2ccc([N+](=O)[O-])cc2)o1. The number of nitrogens with zero attached hydrogens (tertiary/aromatic N) is 3. The molecule has 1 heterocycles. The number of hydrogen-bond donors (Lipinski definition) is 1. The molecule has 0 aliphatic rings. The summed E-state index contributed by atoms with van der Waals surface area (Å²) in [5.74, 6) is -1.07. The van der Waals surface area contributed by atoms with Crippen LogP contribution in [0.15, 0.2) is 41.3 Å². The first-order chi connectivity index (χ1) is 13.5. The fraction of sp³-hybridized carbons (Fsp3) is 0.222. The van der Waals surface area contributed by atoms with Crippen LogP contribution in [0.2, 0.25) is 0 Å². The van der Waals surface area contributed by atoms with Gasteiger partial charge in [-0.25, -0.2) is 9.78 Å². The molecule has 0 aliphatic carbocycles. The third-order valence-corrected chi connectivity index (χ3v) is 3.49. The summed E-state index contributed by atoms with van der Waals surface area (Å²) in [6.45, 7) is 2.99. The number of nitro benzene ring substituents is 1. The first-order valence-electron chi connectivity index (χ1n) is 8.12. The summed E-state index contributed by atoms with van der Waals surface area (Å²) in [6, 6.07) is 6.96. The van der Waals surface area contributed by atoms with Crippen molar-refractivity contribution in [1.82, 2.24) is 10.3 Å². The van der Waals surface area contributed by atoms with Crippen molar-refractivity contribution in [2.75, 3.05) is 6.61 Å². The lowest BCUT2D eigenvalue weighted by Gasteiger charge is -2.01. The maximum atomic E-state index is 12.2. The van der Waals surface area contributed by atoms with Gasteiger partial charge in [-0.3, -0.25) is 14.9 Å². The number of amides is 1. The van der Waals surface area contributed by atoms with Crippen LogP contribution in [0, 0.1) is 21.4 Å². The monoisotopic (exact) mass is 384 g/mol. The number of rotatable bonds is 9. The van der Waals surface area contributed by atoms with Crippen LogP contribution < -0.4 is 5.32 Å². The van der Waals surface area contributed by atoms with Gasteiger partial charge in [-0.1, -0.05) is 6.08 Å². The van der Waals surface area contributed by atoms with Crippen LogP contribution in [0.1, 0.15) is 29.2 Å². The van der Waals surface area contributed by atoms with Crippen molar-refractivity contribution in [2.45, 2.75) is 19.4 Å². The molecule has 0 saturated heterocycles. The molecule has 1 amide bonds. The Kier molecular flexibility index (Phi) is 6.99. The van der Waals surface area contributed by atoms with Gasteiger partial charge in [-0.15, -0.1) is 6.58 Å². The number of benzene rings is 1. The Morgan fingerprint density at radius 3 is 2.71 bits per heavy atom. The minimum atomic E-state index is -0.886. The molecular weight excluding hydrogens is 368 g/mol. The number of allylic oxidation sites excluding steroid dienone is 1. The molecule has 0 radical (unpaired) electrons. The summed E-state index contributed by atoms with van der Waals surface area (Å²) in [5, 5.41) is 21.9. The third-order valence-electron chi connectivity index (χ3n) is 3.49. The van der Waals surface area contributed by atoms with E-state index in [1.807, 2.05) is 0 Å². The predicted molar refractivity (Wildman–Crippen MR) is 95.8 cm³/mol. The first-order valence-corrected chi connectivity index (χ1v) is 8.12. The highest BCUT2D eigenvalue weighted by Crippen LogP contribution is 2.27. The minimum absolute atomic E-state index is 0.0215. The Balaban J connectivity index is 2.28. The molecule has 10 nitrogen and oxygen atoms in total. The summed E-state index contributed by atoms with van der Waals surface area (Å²) in [7, 11) is 0.